The van der Waals surface area contributed by atoms with Gasteiger partial charge in [-0.15, -0.1) is 11.8 Å². The first-order valence-corrected chi connectivity index (χ1v) is 7.46. The number of ketones is 1. The maximum atomic E-state index is 12.0. The Hall–Kier alpha value is -0.830. The van der Waals surface area contributed by atoms with Gasteiger partial charge in [0.1, 0.15) is 5.78 Å². The first kappa shape index (κ1) is 15.2. The number of Topliss-reactive ketones (excluding diaryl/α,β-unsaturated/α-hetero) is 1. The molecule has 1 aromatic rings. The molecule has 0 saturated carbocycles. The van der Waals surface area contributed by atoms with Crippen LogP contribution in [0.4, 0.5) is 0 Å². The molecule has 0 saturated heterocycles. The lowest BCUT2D eigenvalue weighted by Crippen LogP contribution is -2.24. The first-order chi connectivity index (χ1) is 8.36. The summed E-state index contributed by atoms with van der Waals surface area (Å²) in [5.74, 6) is 1.31. The van der Waals surface area contributed by atoms with Crippen molar-refractivity contribution < 1.29 is 4.79 Å². The van der Waals surface area contributed by atoms with Crippen LogP contribution in [0.2, 0.25) is 0 Å². The topological polar surface area (TPSA) is 30.0 Å². The second kappa shape index (κ2) is 6.37. The molecular formula is C15H23NOS. The van der Waals surface area contributed by atoms with E-state index >= 15 is 0 Å². The third-order valence-corrected chi connectivity index (χ3v) is 4.37. The fraction of sp³-hybridized carbons (Fsp3) is 0.600. The lowest BCUT2D eigenvalue weighted by atomic mass is 9.86. The summed E-state index contributed by atoms with van der Waals surface area (Å²) in [6.07, 6.45) is 4.62. The normalized spacial score (nSPS) is 11.9. The van der Waals surface area contributed by atoms with E-state index in [4.69, 9.17) is 0 Å². The Labute approximate surface area is 115 Å². The lowest BCUT2D eigenvalue weighted by molar-refractivity contribution is -0.124. The van der Waals surface area contributed by atoms with Crippen molar-refractivity contribution in [1.29, 1.82) is 0 Å². The molecule has 0 bridgehead atoms. The van der Waals surface area contributed by atoms with Gasteiger partial charge in [0.2, 0.25) is 0 Å². The van der Waals surface area contributed by atoms with Crippen LogP contribution in [0.1, 0.15) is 52.5 Å². The van der Waals surface area contributed by atoms with E-state index in [9.17, 15) is 4.79 Å². The van der Waals surface area contributed by atoms with Gasteiger partial charge in [-0.1, -0.05) is 34.6 Å². The molecule has 1 rings (SSSR count). The molecule has 0 N–H and O–H groups in total. The third kappa shape index (κ3) is 4.13. The summed E-state index contributed by atoms with van der Waals surface area (Å²) in [5, 5.41) is 0. The number of carbonyl (C=O) groups is 1. The van der Waals surface area contributed by atoms with Crippen molar-refractivity contribution in [2.75, 3.05) is 5.75 Å². The van der Waals surface area contributed by atoms with Crippen LogP contribution >= 0.6 is 11.8 Å². The summed E-state index contributed by atoms with van der Waals surface area (Å²) < 4.78 is 0. The summed E-state index contributed by atoms with van der Waals surface area (Å²) in [4.78, 5) is 17.4. The Bertz CT molecular complexity index is 413. The number of aromatic nitrogens is 1. The van der Waals surface area contributed by atoms with Crippen LogP contribution in [0.3, 0.4) is 0 Å². The van der Waals surface area contributed by atoms with Gasteiger partial charge in [0, 0.05) is 22.7 Å². The Morgan fingerprint density at radius 2 is 2.06 bits per heavy atom. The summed E-state index contributed by atoms with van der Waals surface area (Å²) in [7, 11) is 0. The molecule has 2 nitrogen and oxygen atoms in total. The molecule has 18 heavy (non-hydrogen) atoms. The van der Waals surface area contributed by atoms with Crippen LogP contribution in [-0.2, 0) is 4.79 Å². The summed E-state index contributed by atoms with van der Waals surface area (Å²) in [5.41, 5.74) is 1.01. The minimum absolute atomic E-state index is 0.212. The predicted molar refractivity (Wildman–Crippen MR) is 78.1 cm³/mol. The SMILES string of the molecule is CCC(C)(C)C(=O)CSc1cncc(C(C)C)c1. The molecule has 0 atom stereocenters. The zero-order valence-corrected chi connectivity index (χ0v) is 12.8. The van der Waals surface area contributed by atoms with Gasteiger partial charge in [-0.05, 0) is 24.0 Å². The van der Waals surface area contributed by atoms with Crippen molar-refractivity contribution in [3.63, 3.8) is 0 Å². The number of hydrogen-bond acceptors (Lipinski definition) is 3. The van der Waals surface area contributed by atoms with Gasteiger partial charge in [0.05, 0.1) is 5.75 Å². The summed E-state index contributed by atoms with van der Waals surface area (Å²) in [6.45, 7) is 10.4. The van der Waals surface area contributed by atoms with Gasteiger partial charge in [-0.25, -0.2) is 0 Å². The average molecular weight is 265 g/mol. The van der Waals surface area contributed by atoms with Crippen LogP contribution in [-0.4, -0.2) is 16.5 Å². The minimum Gasteiger partial charge on any atom is -0.298 e. The Morgan fingerprint density at radius 3 is 2.61 bits per heavy atom. The highest BCUT2D eigenvalue weighted by atomic mass is 32.2. The van der Waals surface area contributed by atoms with Gasteiger partial charge >= 0.3 is 0 Å². The molecule has 0 aliphatic rings. The molecular weight excluding hydrogens is 242 g/mol. The minimum atomic E-state index is -0.212. The van der Waals surface area contributed by atoms with Crippen LogP contribution in [0.5, 0.6) is 0 Å². The molecule has 1 aromatic heterocycles. The molecule has 100 valence electrons. The van der Waals surface area contributed by atoms with Crippen molar-refractivity contribution in [1.82, 2.24) is 4.98 Å². The Morgan fingerprint density at radius 1 is 1.39 bits per heavy atom. The number of pyridine rings is 1. The zero-order chi connectivity index (χ0) is 13.8. The van der Waals surface area contributed by atoms with Crippen LogP contribution in [0, 0.1) is 5.41 Å². The molecule has 0 aliphatic heterocycles. The maximum absolute atomic E-state index is 12.0. The highest BCUT2D eigenvalue weighted by Crippen LogP contribution is 2.27. The maximum Gasteiger partial charge on any atom is 0.148 e. The van der Waals surface area contributed by atoms with Crippen molar-refractivity contribution in [2.24, 2.45) is 5.41 Å². The molecule has 0 fully saturated rings. The van der Waals surface area contributed by atoms with Crippen molar-refractivity contribution in [3.8, 4) is 0 Å². The number of hydrogen-bond donors (Lipinski definition) is 0. The molecule has 0 unspecified atom stereocenters. The van der Waals surface area contributed by atoms with Crippen molar-refractivity contribution >= 4 is 17.5 Å². The molecule has 0 aromatic carbocycles. The molecule has 0 spiro atoms. The smallest absolute Gasteiger partial charge is 0.148 e. The number of carbonyl (C=O) groups excluding carboxylic acids is 1. The molecule has 1 heterocycles. The summed E-state index contributed by atoms with van der Waals surface area (Å²) in [6, 6.07) is 2.13. The van der Waals surface area contributed by atoms with Crippen LogP contribution < -0.4 is 0 Å². The van der Waals surface area contributed by atoms with E-state index in [0.717, 1.165) is 11.3 Å². The second-order valence-electron chi connectivity index (χ2n) is 5.56. The predicted octanol–water partition coefficient (Wildman–Crippen LogP) is 4.30. The van der Waals surface area contributed by atoms with Crippen molar-refractivity contribution in [2.45, 2.75) is 51.9 Å². The van der Waals surface area contributed by atoms with Gasteiger partial charge in [0.15, 0.2) is 0 Å². The van der Waals surface area contributed by atoms with Gasteiger partial charge in [-0.3, -0.25) is 9.78 Å². The summed E-state index contributed by atoms with van der Waals surface area (Å²) >= 11 is 1.59. The fourth-order valence-corrected chi connectivity index (χ4v) is 2.41. The van der Waals surface area contributed by atoms with E-state index in [2.05, 4.69) is 31.8 Å². The third-order valence-electron chi connectivity index (χ3n) is 3.41. The average Bonchev–Trinajstić information content (AvgIpc) is 2.36. The highest BCUT2D eigenvalue weighted by Gasteiger charge is 2.24. The molecule has 0 aliphatic carbocycles. The lowest BCUT2D eigenvalue weighted by Gasteiger charge is -2.20. The van der Waals surface area contributed by atoms with E-state index in [1.165, 1.54) is 5.56 Å². The van der Waals surface area contributed by atoms with Gasteiger partial charge in [0.25, 0.3) is 0 Å². The number of rotatable bonds is 6. The van der Waals surface area contributed by atoms with Crippen LogP contribution in [0.15, 0.2) is 23.4 Å². The van der Waals surface area contributed by atoms with E-state index in [1.54, 1.807) is 11.8 Å². The fourth-order valence-electron chi connectivity index (χ4n) is 1.37. The quantitative estimate of drug-likeness (QED) is 0.718. The largest absolute Gasteiger partial charge is 0.298 e. The second-order valence-corrected chi connectivity index (χ2v) is 6.61. The van der Waals surface area contributed by atoms with Gasteiger partial charge < -0.3 is 0 Å². The highest BCUT2D eigenvalue weighted by molar-refractivity contribution is 8.00. The number of thioether (sulfide) groups is 1. The Kier molecular flexibility index (Phi) is 5.39. The van der Waals surface area contributed by atoms with Crippen molar-refractivity contribution in [3.05, 3.63) is 24.0 Å². The molecule has 0 amide bonds. The number of nitrogens with zero attached hydrogens (tertiary/aromatic N) is 1. The van der Waals surface area contributed by atoms with E-state index < -0.39 is 0 Å². The van der Waals surface area contributed by atoms with E-state index in [0.29, 0.717) is 17.5 Å². The van der Waals surface area contributed by atoms with E-state index in [1.807, 2.05) is 26.2 Å². The van der Waals surface area contributed by atoms with Gasteiger partial charge in [-0.2, -0.15) is 0 Å². The monoisotopic (exact) mass is 265 g/mol. The van der Waals surface area contributed by atoms with E-state index in [-0.39, 0.29) is 5.41 Å². The molecule has 0 radical (unpaired) electrons. The van der Waals surface area contributed by atoms with Crippen LogP contribution in [0.25, 0.3) is 0 Å². The molecule has 3 heteroatoms. The standard InChI is InChI=1S/C15H23NOS/c1-6-15(4,5)14(17)10-18-13-7-12(11(2)3)8-16-9-13/h7-9,11H,6,10H2,1-5H3. The Balaban J connectivity index is 2.64. The first-order valence-electron chi connectivity index (χ1n) is 6.48. The zero-order valence-electron chi connectivity index (χ0n) is 12.0.